The van der Waals surface area contributed by atoms with Gasteiger partial charge >= 0.3 is 0 Å². The number of hydrazone groups is 1. The first kappa shape index (κ1) is 18.6. The fourth-order valence-electron chi connectivity index (χ4n) is 2.53. The molecule has 0 saturated heterocycles. The van der Waals surface area contributed by atoms with Gasteiger partial charge in [-0.3, -0.25) is 5.43 Å². The summed E-state index contributed by atoms with van der Waals surface area (Å²) in [5.74, 6) is 0.451. The minimum atomic E-state index is -0.242. The normalized spacial score (nSPS) is 10.7. The van der Waals surface area contributed by atoms with Crippen LogP contribution < -0.4 is 15.5 Å². The van der Waals surface area contributed by atoms with Gasteiger partial charge in [-0.25, -0.2) is 4.39 Å². The highest BCUT2D eigenvalue weighted by atomic mass is 32.1. The van der Waals surface area contributed by atoms with E-state index in [1.54, 1.807) is 25.5 Å². The highest BCUT2D eigenvalue weighted by Crippen LogP contribution is 2.22. The van der Waals surface area contributed by atoms with E-state index in [1.807, 2.05) is 47.2 Å². The van der Waals surface area contributed by atoms with E-state index in [2.05, 4.69) is 15.8 Å². The summed E-state index contributed by atoms with van der Waals surface area (Å²) in [5, 5.41) is 7.58. The van der Waals surface area contributed by atoms with Gasteiger partial charge in [0.1, 0.15) is 11.6 Å². The number of rotatable bonds is 6. The molecule has 2 aromatic carbocycles. The fraction of sp³-hybridized carbons (Fsp3) is 0.100. The van der Waals surface area contributed by atoms with E-state index in [9.17, 15) is 4.39 Å². The third kappa shape index (κ3) is 5.15. The summed E-state index contributed by atoms with van der Waals surface area (Å²) in [5.41, 5.74) is 5.45. The minimum absolute atomic E-state index is 0.242. The fourth-order valence-corrected chi connectivity index (χ4v) is 2.69. The van der Waals surface area contributed by atoms with Crippen molar-refractivity contribution >= 4 is 29.2 Å². The number of benzene rings is 2. The van der Waals surface area contributed by atoms with Gasteiger partial charge in [0.2, 0.25) is 0 Å². The lowest BCUT2D eigenvalue weighted by Crippen LogP contribution is -2.24. The lowest BCUT2D eigenvalue weighted by atomic mass is 10.2. The van der Waals surface area contributed by atoms with Gasteiger partial charge in [-0.15, -0.1) is 0 Å². The number of anilines is 1. The van der Waals surface area contributed by atoms with E-state index in [1.165, 1.54) is 12.1 Å². The van der Waals surface area contributed by atoms with Crippen LogP contribution in [0.2, 0.25) is 0 Å². The van der Waals surface area contributed by atoms with Crippen molar-refractivity contribution in [2.24, 2.45) is 5.10 Å². The number of aromatic nitrogens is 1. The number of hydrogen-bond acceptors (Lipinski definition) is 3. The van der Waals surface area contributed by atoms with Crippen molar-refractivity contribution < 1.29 is 9.13 Å². The second kappa shape index (κ2) is 8.95. The molecule has 138 valence electrons. The first-order valence-corrected chi connectivity index (χ1v) is 8.69. The van der Waals surface area contributed by atoms with Crippen LogP contribution in [0.1, 0.15) is 11.3 Å². The molecule has 0 spiro atoms. The zero-order chi connectivity index (χ0) is 19.1. The molecule has 0 unspecified atom stereocenters. The van der Waals surface area contributed by atoms with Crippen LogP contribution in [0.5, 0.6) is 5.75 Å². The number of thiocarbonyl (C=S) groups is 1. The number of nitrogens with zero attached hydrogens (tertiary/aromatic N) is 2. The maximum atomic E-state index is 13.0. The molecular formula is C20H19FN4OS. The second-order valence-electron chi connectivity index (χ2n) is 5.71. The van der Waals surface area contributed by atoms with Crippen molar-refractivity contribution in [1.29, 1.82) is 0 Å². The molecule has 0 radical (unpaired) electrons. The highest BCUT2D eigenvalue weighted by Gasteiger charge is 2.03. The maximum Gasteiger partial charge on any atom is 0.191 e. The zero-order valence-corrected chi connectivity index (χ0v) is 15.5. The summed E-state index contributed by atoms with van der Waals surface area (Å²) < 4.78 is 20.3. The van der Waals surface area contributed by atoms with Crippen molar-refractivity contribution in [3.8, 4) is 5.75 Å². The number of halogens is 1. The van der Waals surface area contributed by atoms with Gasteiger partial charge in [-0.1, -0.05) is 24.3 Å². The lowest BCUT2D eigenvalue weighted by molar-refractivity contribution is 0.417. The van der Waals surface area contributed by atoms with E-state index in [4.69, 9.17) is 17.0 Å². The average Bonchev–Trinajstić information content (AvgIpc) is 3.11. The predicted octanol–water partition coefficient (Wildman–Crippen LogP) is 4.00. The van der Waals surface area contributed by atoms with Crippen LogP contribution in [0.25, 0.3) is 0 Å². The van der Waals surface area contributed by atoms with Crippen LogP contribution in [0, 0.1) is 5.82 Å². The van der Waals surface area contributed by atoms with E-state index in [-0.39, 0.29) is 5.82 Å². The molecule has 1 heterocycles. The molecule has 7 heteroatoms. The molecule has 1 aromatic heterocycles. The Morgan fingerprint density at radius 2 is 1.93 bits per heavy atom. The Morgan fingerprint density at radius 1 is 1.15 bits per heavy atom. The summed E-state index contributed by atoms with van der Waals surface area (Å²) in [4.78, 5) is 0. The van der Waals surface area contributed by atoms with E-state index < -0.39 is 0 Å². The lowest BCUT2D eigenvalue weighted by Gasteiger charge is -2.11. The molecule has 0 saturated carbocycles. The Morgan fingerprint density at radius 3 is 2.70 bits per heavy atom. The first-order valence-electron chi connectivity index (χ1n) is 8.28. The summed E-state index contributed by atoms with van der Waals surface area (Å²) in [6, 6.07) is 17.8. The van der Waals surface area contributed by atoms with Gasteiger partial charge in [0.15, 0.2) is 5.11 Å². The van der Waals surface area contributed by atoms with Gasteiger partial charge in [0, 0.05) is 12.7 Å². The van der Waals surface area contributed by atoms with Crippen molar-refractivity contribution in [2.75, 3.05) is 12.4 Å². The molecule has 3 rings (SSSR count). The van der Waals surface area contributed by atoms with Gasteiger partial charge in [0.25, 0.3) is 0 Å². The van der Waals surface area contributed by atoms with Crippen molar-refractivity contribution in [2.45, 2.75) is 6.54 Å². The Hall–Kier alpha value is -3.19. The minimum Gasteiger partial charge on any atom is -0.495 e. The molecular weight excluding hydrogens is 363 g/mol. The number of methoxy groups -OCH3 is 1. The molecule has 0 aliphatic carbocycles. The van der Waals surface area contributed by atoms with Gasteiger partial charge < -0.3 is 14.6 Å². The van der Waals surface area contributed by atoms with Crippen molar-refractivity contribution in [1.82, 2.24) is 9.99 Å². The Balaban J connectivity index is 1.59. The van der Waals surface area contributed by atoms with Crippen LogP contribution in [-0.4, -0.2) is 23.0 Å². The monoisotopic (exact) mass is 382 g/mol. The largest absolute Gasteiger partial charge is 0.495 e. The van der Waals surface area contributed by atoms with Crippen molar-refractivity contribution in [3.05, 3.63) is 83.9 Å². The topological polar surface area (TPSA) is 50.6 Å². The van der Waals surface area contributed by atoms with E-state index >= 15 is 0 Å². The second-order valence-corrected chi connectivity index (χ2v) is 6.12. The van der Waals surface area contributed by atoms with Crippen LogP contribution in [0.3, 0.4) is 0 Å². The Kier molecular flexibility index (Phi) is 6.17. The Labute approximate surface area is 162 Å². The SMILES string of the molecule is COc1ccccc1NC(=S)N/N=C\c1cccn1Cc1ccc(F)cc1. The number of hydrogen-bond donors (Lipinski definition) is 2. The number of para-hydroxylation sites is 2. The molecule has 27 heavy (non-hydrogen) atoms. The molecule has 2 N–H and O–H groups in total. The Bertz CT molecular complexity index is 937. The van der Waals surface area contributed by atoms with Crippen LogP contribution in [0.15, 0.2) is 72.0 Å². The molecule has 0 fully saturated rings. The standard InChI is InChI=1S/C20H19FN4OS/c1-26-19-7-3-2-6-18(19)23-20(27)24-22-13-17-5-4-12-25(17)14-15-8-10-16(21)11-9-15/h2-13H,14H2,1H3,(H2,23,24,27)/b22-13-. The number of nitrogens with one attached hydrogen (secondary N) is 2. The molecule has 0 bridgehead atoms. The van der Waals surface area contributed by atoms with Gasteiger partial charge in [-0.05, 0) is 54.2 Å². The quantitative estimate of drug-likeness (QED) is 0.384. The molecule has 3 aromatic rings. The molecule has 0 atom stereocenters. The summed E-state index contributed by atoms with van der Waals surface area (Å²) in [6.07, 6.45) is 3.62. The summed E-state index contributed by atoms with van der Waals surface area (Å²) in [6.45, 7) is 0.624. The molecule has 0 aliphatic rings. The zero-order valence-electron chi connectivity index (χ0n) is 14.7. The third-order valence-electron chi connectivity index (χ3n) is 3.85. The molecule has 5 nitrogen and oxygen atoms in total. The summed E-state index contributed by atoms with van der Waals surface area (Å²) >= 11 is 5.25. The predicted molar refractivity (Wildman–Crippen MR) is 110 cm³/mol. The molecule has 0 amide bonds. The van der Waals surface area contributed by atoms with Gasteiger partial charge in [0.05, 0.1) is 24.7 Å². The van der Waals surface area contributed by atoms with Gasteiger partial charge in [-0.2, -0.15) is 5.10 Å². The molecule has 0 aliphatic heterocycles. The van der Waals surface area contributed by atoms with Crippen LogP contribution in [0.4, 0.5) is 10.1 Å². The maximum absolute atomic E-state index is 13.0. The highest BCUT2D eigenvalue weighted by molar-refractivity contribution is 7.80. The first-order chi connectivity index (χ1) is 13.2. The van der Waals surface area contributed by atoms with Crippen LogP contribution in [-0.2, 0) is 6.54 Å². The average molecular weight is 382 g/mol. The van der Waals surface area contributed by atoms with Crippen LogP contribution >= 0.6 is 12.2 Å². The van der Waals surface area contributed by atoms with E-state index in [0.29, 0.717) is 17.4 Å². The van der Waals surface area contributed by atoms with E-state index in [0.717, 1.165) is 16.9 Å². The third-order valence-corrected chi connectivity index (χ3v) is 4.04. The van der Waals surface area contributed by atoms with Crippen molar-refractivity contribution in [3.63, 3.8) is 0 Å². The smallest absolute Gasteiger partial charge is 0.191 e. The number of ether oxygens (including phenoxy) is 1. The summed E-state index contributed by atoms with van der Waals surface area (Å²) in [7, 11) is 1.60.